The molecule has 0 saturated carbocycles. The molecule has 0 bridgehead atoms. The van der Waals surface area contributed by atoms with Crippen LogP contribution in [0.25, 0.3) is 0 Å². The third kappa shape index (κ3) is 4.06. The van der Waals surface area contributed by atoms with Crippen LogP contribution in [0.1, 0.15) is 23.2 Å². The molecule has 0 unspecified atom stereocenters. The van der Waals surface area contributed by atoms with Crippen molar-refractivity contribution in [3.63, 3.8) is 0 Å². The molecule has 1 saturated heterocycles. The average Bonchev–Trinajstić information content (AvgIpc) is 2.99. The summed E-state index contributed by atoms with van der Waals surface area (Å²) >= 11 is 3.21. The molecule has 0 radical (unpaired) electrons. The van der Waals surface area contributed by atoms with Crippen molar-refractivity contribution in [3.05, 3.63) is 39.8 Å². The highest BCUT2D eigenvalue weighted by Gasteiger charge is 2.47. The van der Waals surface area contributed by atoms with Gasteiger partial charge in [0.2, 0.25) is 0 Å². The van der Waals surface area contributed by atoms with Crippen molar-refractivity contribution in [1.82, 2.24) is 10.2 Å². The second-order valence-electron chi connectivity index (χ2n) is 6.27. The molecule has 3 rings (SSSR count). The molecular weight excluding hydrogens is 436 g/mol. The Morgan fingerprint density at radius 2 is 2.15 bits per heavy atom. The Balaban J connectivity index is 1.67. The molecule has 1 fully saturated rings. The first-order valence-electron chi connectivity index (χ1n) is 8.21. The molecule has 27 heavy (non-hydrogen) atoms. The van der Waals surface area contributed by atoms with Gasteiger partial charge in [-0.2, -0.15) is 13.2 Å². The van der Waals surface area contributed by atoms with Gasteiger partial charge in [-0.25, -0.2) is 9.18 Å². The molecule has 5 nitrogen and oxygen atoms in total. The Morgan fingerprint density at radius 1 is 1.41 bits per heavy atom. The van der Waals surface area contributed by atoms with Crippen LogP contribution in [0.4, 0.5) is 17.6 Å². The number of nitrogens with zero attached hydrogens (tertiary/aromatic N) is 1. The van der Waals surface area contributed by atoms with Gasteiger partial charge in [-0.1, -0.05) is 0 Å². The summed E-state index contributed by atoms with van der Waals surface area (Å²) in [7, 11) is 1.15. The topological polar surface area (TPSA) is 50.8 Å². The van der Waals surface area contributed by atoms with Crippen molar-refractivity contribution in [1.29, 1.82) is 0 Å². The minimum absolute atomic E-state index is 0.0962. The number of rotatable bonds is 5. The highest BCUT2D eigenvalue weighted by atomic mass is 79.9. The van der Waals surface area contributed by atoms with E-state index < -0.39 is 29.7 Å². The second-order valence-corrected chi connectivity index (χ2v) is 7.12. The maximum absolute atomic E-state index is 14.1. The van der Waals surface area contributed by atoms with E-state index in [2.05, 4.69) is 26.0 Å². The first-order chi connectivity index (χ1) is 12.7. The fraction of sp³-hybridized carbons (Fsp3) is 0.471. The highest BCUT2D eigenvalue weighted by molar-refractivity contribution is 9.10. The number of likely N-dealkylation sites (tertiary alicyclic amines) is 1. The van der Waals surface area contributed by atoms with E-state index in [9.17, 15) is 22.4 Å². The number of nitrogens with one attached hydrogen (secondary N) is 1. The highest BCUT2D eigenvalue weighted by Crippen LogP contribution is 2.36. The first-order valence-corrected chi connectivity index (χ1v) is 9.01. The van der Waals surface area contributed by atoms with Crippen molar-refractivity contribution in [2.24, 2.45) is 0 Å². The Labute approximate surface area is 161 Å². The number of halogens is 5. The van der Waals surface area contributed by atoms with E-state index in [-0.39, 0.29) is 24.0 Å². The van der Waals surface area contributed by atoms with Gasteiger partial charge in [0, 0.05) is 24.9 Å². The van der Waals surface area contributed by atoms with Gasteiger partial charge in [0.05, 0.1) is 22.7 Å². The summed E-state index contributed by atoms with van der Waals surface area (Å²) < 4.78 is 63.4. The number of alkyl halides is 3. The zero-order valence-electron chi connectivity index (χ0n) is 14.3. The molecule has 0 amide bonds. The van der Waals surface area contributed by atoms with Crippen LogP contribution in [0.15, 0.2) is 28.4 Å². The van der Waals surface area contributed by atoms with Crippen LogP contribution in [0.3, 0.4) is 0 Å². The monoisotopic (exact) mass is 452 g/mol. The van der Waals surface area contributed by atoms with Gasteiger partial charge in [-0.15, -0.1) is 0 Å². The van der Waals surface area contributed by atoms with Crippen LogP contribution in [0, 0.1) is 5.82 Å². The number of esters is 1. The van der Waals surface area contributed by atoms with Crippen LogP contribution in [-0.2, 0) is 4.74 Å². The van der Waals surface area contributed by atoms with Crippen LogP contribution in [-0.4, -0.2) is 49.5 Å². The predicted molar refractivity (Wildman–Crippen MR) is 91.7 cm³/mol. The lowest BCUT2D eigenvalue weighted by Crippen LogP contribution is -2.56. The van der Waals surface area contributed by atoms with E-state index in [1.54, 1.807) is 4.90 Å². The van der Waals surface area contributed by atoms with Gasteiger partial charge in [0.25, 0.3) is 0 Å². The van der Waals surface area contributed by atoms with Crippen molar-refractivity contribution < 1.29 is 31.8 Å². The SMILES string of the molecule is COC(=O)c1cc(Br)c(OC[C@H]2CCCN2[C@H]2NC=C2C(F)(F)F)cc1F. The van der Waals surface area contributed by atoms with Gasteiger partial charge >= 0.3 is 12.1 Å². The lowest BCUT2D eigenvalue weighted by atomic mass is 10.1. The molecule has 0 aliphatic carbocycles. The molecule has 0 aromatic heterocycles. The smallest absolute Gasteiger partial charge is 0.417 e. The maximum Gasteiger partial charge on any atom is 0.417 e. The van der Waals surface area contributed by atoms with E-state index in [0.717, 1.165) is 25.8 Å². The number of hydrogen-bond donors (Lipinski definition) is 1. The van der Waals surface area contributed by atoms with Crippen LogP contribution >= 0.6 is 15.9 Å². The Kier molecular flexibility index (Phi) is 5.66. The first kappa shape index (κ1) is 19.9. The normalized spacial score (nSPS) is 22.7. The standard InChI is InChI=1S/C17H17BrF4N2O3/c1-26-16(25)10-5-12(18)14(6-13(10)19)27-8-9-3-2-4-24(9)15-11(7-23-15)17(20,21)22/h5-7,9,15,23H,2-4,8H2,1H3/t9-,15-/m1/s1. The quantitative estimate of drug-likeness (QED) is 0.546. The van der Waals surface area contributed by atoms with Gasteiger partial charge < -0.3 is 14.8 Å². The molecule has 1 aromatic rings. The summed E-state index contributed by atoms with van der Waals surface area (Å²) in [4.78, 5) is 13.2. The van der Waals surface area contributed by atoms with Crippen molar-refractivity contribution in [3.8, 4) is 5.75 Å². The van der Waals surface area contributed by atoms with E-state index in [1.165, 1.54) is 6.07 Å². The number of hydrogen-bond acceptors (Lipinski definition) is 5. The summed E-state index contributed by atoms with van der Waals surface area (Å²) in [6.45, 7) is 0.606. The Morgan fingerprint density at radius 3 is 2.74 bits per heavy atom. The maximum atomic E-state index is 14.1. The molecule has 2 atom stereocenters. The van der Waals surface area contributed by atoms with E-state index in [0.29, 0.717) is 17.4 Å². The molecular formula is C17H17BrF4N2O3. The Hall–Kier alpha value is -1.81. The zero-order valence-corrected chi connectivity index (χ0v) is 15.9. The molecule has 1 aromatic carbocycles. The number of benzene rings is 1. The Bertz CT molecular complexity index is 769. The molecule has 0 spiro atoms. The minimum atomic E-state index is -4.38. The fourth-order valence-corrected chi connectivity index (χ4v) is 3.68. The van der Waals surface area contributed by atoms with Crippen molar-refractivity contribution >= 4 is 21.9 Å². The molecule has 2 aliphatic rings. The van der Waals surface area contributed by atoms with Crippen molar-refractivity contribution in [2.45, 2.75) is 31.2 Å². The third-order valence-electron chi connectivity index (χ3n) is 4.63. The predicted octanol–water partition coefficient (Wildman–Crippen LogP) is 3.59. The number of carbonyl (C=O) groups excluding carboxylic acids is 1. The lowest BCUT2D eigenvalue weighted by molar-refractivity contribution is -0.110. The van der Waals surface area contributed by atoms with Gasteiger partial charge in [-0.05, 0) is 34.8 Å². The van der Waals surface area contributed by atoms with Gasteiger partial charge in [-0.3, -0.25) is 4.90 Å². The molecule has 2 heterocycles. The minimum Gasteiger partial charge on any atom is -0.491 e. The number of methoxy groups -OCH3 is 1. The fourth-order valence-electron chi connectivity index (χ4n) is 3.22. The molecule has 10 heteroatoms. The summed E-state index contributed by atoms with van der Waals surface area (Å²) in [6, 6.07) is 2.06. The van der Waals surface area contributed by atoms with Crippen LogP contribution < -0.4 is 10.1 Å². The van der Waals surface area contributed by atoms with Crippen molar-refractivity contribution in [2.75, 3.05) is 20.3 Å². The van der Waals surface area contributed by atoms with Crippen LogP contribution in [0.5, 0.6) is 5.75 Å². The lowest BCUT2D eigenvalue weighted by Gasteiger charge is -2.40. The van der Waals surface area contributed by atoms with Gasteiger partial charge in [0.15, 0.2) is 0 Å². The molecule has 148 valence electrons. The van der Waals surface area contributed by atoms with E-state index >= 15 is 0 Å². The summed E-state index contributed by atoms with van der Waals surface area (Å²) in [6.07, 6.45) is -2.88. The largest absolute Gasteiger partial charge is 0.491 e. The average molecular weight is 453 g/mol. The summed E-state index contributed by atoms with van der Waals surface area (Å²) in [5.74, 6) is -1.45. The molecule has 2 aliphatic heterocycles. The zero-order chi connectivity index (χ0) is 19.8. The summed E-state index contributed by atoms with van der Waals surface area (Å²) in [5, 5.41) is 2.69. The van der Waals surface area contributed by atoms with Gasteiger partial charge in [0.1, 0.15) is 24.3 Å². The summed E-state index contributed by atoms with van der Waals surface area (Å²) in [5.41, 5.74) is -0.845. The van der Waals surface area contributed by atoms with E-state index in [1.807, 2.05) is 0 Å². The van der Waals surface area contributed by atoms with E-state index in [4.69, 9.17) is 4.74 Å². The second kappa shape index (κ2) is 7.67. The third-order valence-corrected chi connectivity index (χ3v) is 5.25. The number of ether oxygens (including phenoxy) is 2. The van der Waals surface area contributed by atoms with Crippen LogP contribution in [0.2, 0.25) is 0 Å². The number of carbonyl (C=O) groups is 1. The molecule has 1 N–H and O–H groups in total.